The van der Waals surface area contributed by atoms with Gasteiger partial charge in [0.05, 0.1) is 50.6 Å². The number of hydrogen-bond donors (Lipinski definition) is 8. The first-order valence-electron chi connectivity index (χ1n) is 16.8. The number of methoxy groups -OCH3 is 1. The molecule has 5 aliphatic rings. The van der Waals surface area contributed by atoms with E-state index in [1.54, 1.807) is 6.92 Å². The normalized spacial score (nSPS) is 43.3. The molecule has 19 nitrogen and oxygen atoms in total. The summed E-state index contributed by atoms with van der Waals surface area (Å²) in [6.45, 7) is 3.77. The van der Waals surface area contributed by atoms with Gasteiger partial charge in [0, 0.05) is 36.0 Å². The molecule has 0 spiro atoms. The van der Waals surface area contributed by atoms with E-state index in [1.165, 1.54) is 6.08 Å². The van der Waals surface area contributed by atoms with E-state index in [1.807, 2.05) is 0 Å². The van der Waals surface area contributed by atoms with E-state index in [9.17, 15) is 55.2 Å². The Morgan fingerprint density at radius 2 is 1.35 bits per heavy atom. The van der Waals surface area contributed by atoms with Crippen LogP contribution < -0.4 is 0 Å². The molecule has 0 amide bonds. The maximum absolute atomic E-state index is 13.4. The number of esters is 2. The Morgan fingerprint density at radius 1 is 0.808 bits per heavy atom. The van der Waals surface area contributed by atoms with Crippen molar-refractivity contribution in [2.24, 2.45) is 29.6 Å². The molecule has 52 heavy (non-hydrogen) atoms. The SMILES string of the molecule is C=C[C@H]1[C@H](O[C@@H]2O[C@H](CO)[C@@H](O)[C@H](O)[C@H]2O)OC=C(C(=O)OC)[C@H]1CCOC(=O)C1=CO[C@@H](O[C@@H]2O[C@H](CO)[C@@H](O)[C@H](O)[C@H]2O)[C@H]2[C@@H]1CC(=O)[C@@H]2C. The minimum Gasteiger partial charge on any atom is -0.472 e. The molecule has 292 valence electrons. The lowest BCUT2D eigenvalue weighted by Gasteiger charge is -2.43. The Labute approximate surface area is 297 Å². The fourth-order valence-corrected chi connectivity index (χ4v) is 7.25. The Balaban J connectivity index is 1.26. The molecular formula is C33H46O19. The van der Waals surface area contributed by atoms with E-state index in [0.717, 1.165) is 19.6 Å². The van der Waals surface area contributed by atoms with Crippen LogP contribution in [-0.2, 0) is 52.3 Å². The fourth-order valence-electron chi connectivity index (χ4n) is 7.25. The summed E-state index contributed by atoms with van der Waals surface area (Å²) < 4.78 is 44.3. The van der Waals surface area contributed by atoms with E-state index in [4.69, 9.17) is 37.9 Å². The van der Waals surface area contributed by atoms with Gasteiger partial charge in [0.2, 0.25) is 12.6 Å². The molecule has 8 N–H and O–H groups in total. The van der Waals surface area contributed by atoms with Crippen LogP contribution in [0.3, 0.4) is 0 Å². The zero-order valence-corrected chi connectivity index (χ0v) is 28.4. The molecular weight excluding hydrogens is 700 g/mol. The number of carbonyl (C=O) groups is 3. The van der Waals surface area contributed by atoms with Gasteiger partial charge in [-0.15, -0.1) is 6.58 Å². The predicted octanol–water partition coefficient (Wildman–Crippen LogP) is -3.53. The van der Waals surface area contributed by atoms with Crippen LogP contribution in [0, 0.1) is 29.6 Å². The monoisotopic (exact) mass is 746 g/mol. The lowest BCUT2D eigenvalue weighted by atomic mass is 9.81. The zero-order chi connectivity index (χ0) is 38.0. The van der Waals surface area contributed by atoms with Crippen molar-refractivity contribution in [1.29, 1.82) is 0 Å². The van der Waals surface area contributed by atoms with Gasteiger partial charge < -0.3 is 78.7 Å². The maximum atomic E-state index is 13.4. The number of ether oxygens (including phenoxy) is 8. The van der Waals surface area contributed by atoms with Crippen LogP contribution in [0.15, 0.2) is 36.3 Å². The lowest BCUT2D eigenvalue weighted by molar-refractivity contribution is -0.342. The summed E-state index contributed by atoms with van der Waals surface area (Å²) in [6.07, 6.45) is -14.7. The van der Waals surface area contributed by atoms with E-state index >= 15 is 0 Å². The first-order chi connectivity index (χ1) is 24.8. The van der Waals surface area contributed by atoms with Crippen LogP contribution in [0.2, 0.25) is 0 Å². The van der Waals surface area contributed by atoms with Crippen LogP contribution in [0.4, 0.5) is 0 Å². The standard InChI is InChI=1S/C33H46O19/c1-4-13-14(16(28(43)45-3)10-47-30(13)51-32-26(41)24(39)22(37)19(8-34)49-32)5-6-46-29(44)17-11-48-31(21-12(2)18(36)7-15(17)21)52-33-27(42)25(40)23(38)20(9-35)50-33/h4,10-15,19-27,30-35,37-42H,1,5-9H2,2-3H3/t12-,13+,14-,15+,19+,20+,21+,22+,23+,24-,25-,26+,27+,30-,31-,32-,33-/m0/s1. The third-order valence-electron chi connectivity index (χ3n) is 10.3. The van der Waals surface area contributed by atoms with Crippen LogP contribution in [0.1, 0.15) is 19.8 Å². The molecule has 17 atom stereocenters. The summed E-state index contributed by atoms with van der Waals surface area (Å²) >= 11 is 0. The van der Waals surface area contributed by atoms with Crippen molar-refractivity contribution in [2.75, 3.05) is 26.9 Å². The number of ketones is 1. The number of fused-ring (bicyclic) bond motifs is 1. The molecule has 19 heteroatoms. The second kappa shape index (κ2) is 17.0. The molecule has 0 aromatic carbocycles. The van der Waals surface area contributed by atoms with Gasteiger partial charge in [-0.3, -0.25) is 4.79 Å². The molecule has 1 aliphatic carbocycles. The highest BCUT2D eigenvalue weighted by atomic mass is 16.8. The molecule has 5 rings (SSSR count). The molecule has 3 fully saturated rings. The third kappa shape index (κ3) is 7.77. The van der Waals surface area contributed by atoms with Crippen molar-refractivity contribution >= 4 is 17.7 Å². The smallest absolute Gasteiger partial charge is 0.337 e. The Morgan fingerprint density at radius 3 is 1.88 bits per heavy atom. The first kappa shape index (κ1) is 40.1. The third-order valence-corrected chi connectivity index (χ3v) is 10.3. The maximum Gasteiger partial charge on any atom is 0.337 e. The topological polar surface area (TPSA) is 287 Å². The van der Waals surface area contributed by atoms with Gasteiger partial charge in [-0.05, 0) is 6.42 Å². The minimum atomic E-state index is -1.74. The van der Waals surface area contributed by atoms with Gasteiger partial charge in [0.15, 0.2) is 12.6 Å². The summed E-state index contributed by atoms with van der Waals surface area (Å²) in [6, 6.07) is 0. The second-order valence-corrected chi connectivity index (χ2v) is 13.3. The van der Waals surface area contributed by atoms with E-state index in [-0.39, 0.29) is 36.4 Å². The minimum absolute atomic E-state index is 0.0122. The van der Waals surface area contributed by atoms with Gasteiger partial charge in [-0.2, -0.15) is 0 Å². The van der Waals surface area contributed by atoms with Crippen LogP contribution >= 0.6 is 0 Å². The van der Waals surface area contributed by atoms with Gasteiger partial charge in [-0.25, -0.2) is 9.59 Å². The van der Waals surface area contributed by atoms with Crippen molar-refractivity contribution in [2.45, 2.75) is 93.8 Å². The predicted molar refractivity (Wildman–Crippen MR) is 166 cm³/mol. The number of hydrogen-bond acceptors (Lipinski definition) is 19. The Bertz CT molecular complexity index is 1360. The number of Topliss-reactive ketones (excluding diaryl/α,β-unsaturated/α-hetero) is 1. The molecule has 0 unspecified atom stereocenters. The zero-order valence-electron chi connectivity index (χ0n) is 28.4. The van der Waals surface area contributed by atoms with Gasteiger partial charge in [0.25, 0.3) is 0 Å². The molecule has 1 saturated carbocycles. The summed E-state index contributed by atoms with van der Waals surface area (Å²) in [4.78, 5) is 39.0. The molecule has 4 aliphatic heterocycles. The summed E-state index contributed by atoms with van der Waals surface area (Å²) in [5.41, 5.74) is 0.0666. The van der Waals surface area contributed by atoms with Crippen molar-refractivity contribution in [3.63, 3.8) is 0 Å². The highest BCUT2D eigenvalue weighted by molar-refractivity contribution is 5.93. The molecule has 0 radical (unpaired) electrons. The molecule has 0 bridgehead atoms. The molecule has 2 saturated heterocycles. The molecule has 4 heterocycles. The number of carbonyl (C=O) groups excluding carboxylic acids is 3. The molecule has 0 aromatic heterocycles. The Kier molecular flexibility index (Phi) is 13.1. The van der Waals surface area contributed by atoms with Crippen LogP contribution in [-0.4, -0.2) is 159 Å². The largest absolute Gasteiger partial charge is 0.472 e. The first-order valence-corrected chi connectivity index (χ1v) is 16.8. The van der Waals surface area contributed by atoms with E-state index in [0.29, 0.717) is 0 Å². The highest BCUT2D eigenvalue weighted by Crippen LogP contribution is 2.46. The quantitative estimate of drug-likeness (QED) is 0.0709. The van der Waals surface area contributed by atoms with Crippen LogP contribution in [0.25, 0.3) is 0 Å². The van der Waals surface area contributed by atoms with Crippen molar-refractivity contribution in [3.05, 3.63) is 36.3 Å². The average molecular weight is 747 g/mol. The van der Waals surface area contributed by atoms with E-state index < -0.39 is 129 Å². The number of rotatable bonds is 12. The summed E-state index contributed by atoms with van der Waals surface area (Å²) in [5.74, 6) is -5.58. The van der Waals surface area contributed by atoms with Crippen molar-refractivity contribution < 1.29 is 93.1 Å². The molecule has 0 aromatic rings. The summed E-state index contributed by atoms with van der Waals surface area (Å²) in [5, 5.41) is 80.5. The van der Waals surface area contributed by atoms with Gasteiger partial charge in [0.1, 0.15) is 54.6 Å². The summed E-state index contributed by atoms with van der Waals surface area (Å²) in [7, 11) is 1.16. The fraction of sp³-hybridized carbons (Fsp3) is 0.727. The number of aliphatic hydroxyl groups is 8. The highest BCUT2D eigenvalue weighted by Gasteiger charge is 2.54. The van der Waals surface area contributed by atoms with Gasteiger partial charge >= 0.3 is 11.9 Å². The van der Waals surface area contributed by atoms with E-state index in [2.05, 4.69) is 6.58 Å². The second-order valence-electron chi connectivity index (χ2n) is 13.3. The lowest BCUT2D eigenvalue weighted by Crippen LogP contribution is -2.60. The van der Waals surface area contributed by atoms with Gasteiger partial charge in [-0.1, -0.05) is 13.0 Å². The van der Waals surface area contributed by atoms with Crippen LogP contribution in [0.5, 0.6) is 0 Å². The average Bonchev–Trinajstić information content (AvgIpc) is 3.44. The van der Waals surface area contributed by atoms with Crippen molar-refractivity contribution in [1.82, 2.24) is 0 Å². The Hall–Kier alpha value is -3.05. The number of aliphatic hydroxyl groups excluding tert-OH is 8. The van der Waals surface area contributed by atoms with Crippen molar-refractivity contribution in [3.8, 4) is 0 Å².